The van der Waals surface area contributed by atoms with Gasteiger partial charge in [0.15, 0.2) is 0 Å². The maximum atomic E-state index is 13.5. The fourth-order valence-corrected chi connectivity index (χ4v) is 4.47. The lowest BCUT2D eigenvalue weighted by Crippen LogP contribution is -2.57. The van der Waals surface area contributed by atoms with E-state index in [-0.39, 0.29) is 18.4 Å². The Morgan fingerprint density at radius 2 is 1.66 bits per heavy atom. The van der Waals surface area contributed by atoms with E-state index < -0.39 is 11.6 Å². The summed E-state index contributed by atoms with van der Waals surface area (Å²) in [6.07, 6.45) is -0.138. The molecule has 0 saturated carbocycles. The fourth-order valence-electron chi connectivity index (χ4n) is 4.47. The maximum absolute atomic E-state index is 13.5. The summed E-state index contributed by atoms with van der Waals surface area (Å²) in [6.45, 7) is 3.09. The topological polar surface area (TPSA) is 93.6 Å². The number of para-hydroxylation sites is 1. The van der Waals surface area contributed by atoms with Crippen LogP contribution in [0.25, 0.3) is 0 Å². The largest absolute Gasteiger partial charge is 0.465 e. The van der Waals surface area contributed by atoms with E-state index in [0.29, 0.717) is 58.9 Å². The van der Waals surface area contributed by atoms with Gasteiger partial charge in [0.05, 0.1) is 19.9 Å². The van der Waals surface area contributed by atoms with E-state index in [1.54, 1.807) is 9.80 Å². The molecule has 0 unspecified atom stereocenters. The van der Waals surface area contributed by atoms with Crippen LogP contribution in [-0.2, 0) is 14.3 Å². The molecule has 0 atom stereocenters. The zero-order valence-corrected chi connectivity index (χ0v) is 16.3. The van der Waals surface area contributed by atoms with Crippen LogP contribution in [-0.4, -0.2) is 95.9 Å². The number of carboxylic acid groups (broad SMARTS) is 1. The van der Waals surface area contributed by atoms with Crippen molar-refractivity contribution < 1.29 is 24.2 Å². The summed E-state index contributed by atoms with van der Waals surface area (Å²) in [5.74, 6) is -0.164. The number of ether oxygens (including phenoxy) is 1. The Labute approximate surface area is 169 Å². The molecular weight excluding hydrogens is 376 g/mol. The predicted octanol–water partition coefficient (Wildman–Crippen LogP) is 0.664. The minimum absolute atomic E-state index is 0.0343. The smallest absolute Gasteiger partial charge is 0.407 e. The highest BCUT2D eigenvalue weighted by atomic mass is 16.5. The number of hydrogen-bond acceptors (Lipinski definition) is 5. The first-order valence-electron chi connectivity index (χ1n) is 9.97. The van der Waals surface area contributed by atoms with Crippen LogP contribution in [0, 0.1) is 0 Å². The molecule has 1 spiro atoms. The fraction of sp³-hybridized carbons (Fsp3) is 0.550. The lowest BCUT2D eigenvalue weighted by Gasteiger charge is -2.42. The summed E-state index contributed by atoms with van der Waals surface area (Å²) in [4.78, 5) is 44.3. The van der Waals surface area contributed by atoms with E-state index >= 15 is 0 Å². The molecule has 0 radical (unpaired) electrons. The lowest BCUT2D eigenvalue weighted by molar-refractivity contribution is -0.143. The van der Waals surface area contributed by atoms with Gasteiger partial charge in [0.2, 0.25) is 5.91 Å². The normalized spacial score (nSPS) is 21.7. The second-order valence-corrected chi connectivity index (χ2v) is 7.70. The summed E-state index contributed by atoms with van der Waals surface area (Å²) < 4.78 is 5.30. The zero-order chi connectivity index (χ0) is 20.4. The first-order chi connectivity index (χ1) is 14.0. The van der Waals surface area contributed by atoms with Crippen molar-refractivity contribution >= 4 is 23.6 Å². The molecule has 3 saturated heterocycles. The zero-order valence-electron chi connectivity index (χ0n) is 16.3. The van der Waals surface area contributed by atoms with E-state index in [4.69, 9.17) is 4.74 Å². The second-order valence-electron chi connectivity index (χ2n) is 7.70. The van der Waals surface area contributed by atoms with Gasteiger partial charge in [-0.25, -0.2) is 4.79 Å². The van der Waals surface area contributed by atoms with Gasteiger partial charge in [0, 0.05) is 31.9 Å². The van der Waals surface area contributed by atoms with Crippen LogP contribution in [0.1, 0.15) is 12.8 Å². The Kier molecular flexibility index (Phi) is 5.31. The second kappa shape index (κ2) is 7.90. The van der Waals surface area contributed by atoms with Crippen LogP contribution in [0.3, 0.4) is 0 Å². The predicted molar refractivity (Wildman–Crippen MR) is 104 cm³/mol. The van der Waals surface area contributed by atoms with Crippen molar-refractivity contribution in [2.24, 2.45) is 0 Å². The summed E-state index contributed by atoms with van der Waals surface area (Å²) in [5, 5.41) is 9.29. The van der Waals surface area contributed by atoms with Crippen molar-refractivity contribution in [2.45, 2.75) is 18.4 Å². The number of likely N-dealkylation sites (tertiary alicyclic amines) is 1. The summed E-state index contributed by atoms with van der Waals surface area (Å²) in [5.41, 5.74) is 0.101. The van der Waals surface area contributed by atoms with Gasteiger partial charge in [0.25, 0.3) is 5.91 Å². The molecular formula is C20H26N4O5. The van der Waals surface area contributed by atoms with Gasteiger partial charge in [-0.05, 0) is 25.0 Å². The van der Waals surface area contributed by atoms with Crippen molar-refractivity contribution in [2.75, 3.05) is 57.5 Å². The van der Waals surface area contributed by atoms with Crippen LogP contribution in [0.15, 0.2) is 30.3 Å². The Bertz CT molecular complexity index is 772. The molecule has 4 rings (SSSR count). The summed E-state index contributed by atoms with van der Waals surface area (Å²) in [7, 11) is 0. The summed E-state index contributed by atoms with van der Waals surface area (Å²) in [6, 6.07) is 9.65. The van der Waals surface area contributed by atoms with E-state index in [2.05, 4.69) is 0 Å². The molecule has 1 N–H and O–H groups in total. The number of rotatable bonds is 3. The monoisotopic (exact) mass is 402 g/mol. The molecule has 29 heavy (non-hydrogen) atoms. The van der Waals surface area contributed by atoms with Crippen molar-refractivity contribution in [1.82, 2.24) is 14.7 Å². The van der Waals surface area contributed by atoms with Gasteiger partial charge < -0.3 is 29.4 Å². The number of benzene rings is 1. The highest BCUT2D eigenvalue weighted by Gasteiger charge is 2.54. The number of hydrogen-bond donors (Lipinski definition) is 1. The molecule has 0 aliphatic carbocycles. The first-order valence-corrected chi connectivity index (χ1v) is 9.97. The van der Waals surface area contributed by atoms with Gasteiger partial charge in [-0.3, -0.25) is 9.59 Å². The molecule has 3 aliphatic heterocycles. The molecule has 3 fully saturated rings. The lowest BCUT2D eigenvalue weighted by atomic mass is 9.85. The standard InChI is InChI=1S/C20H26N4O5/c25-17(21-10-12-29-13-11-21)14-23-15-24(16-4-2-1-3-5-16)20(18(23)26)6-8-22(9-7-20)19(27)28/h1-5H,6-15H2,(H,27,28). The Morgan fingerprint density at radius 3 is 2.28 bits per heavy atom. The van der Waals surface area contributed by atoms with Crippen LogP contribution < -0.4 is 4.90 Å². The van der Waals surface area contributed by atoms with Gasteiger partial charge in [-0.2, -0.15) is 0 Å². The van der Waals surface area contributed by atoms with E-state index in [0.717, 1.165) is 5.69 Å². The molecule has 3 aliphatic rings. The highest BCUT2D eigenvalue weighted by molar-refractivity contribution is 5.96. The molecule has 0 bridgehead atoms. The van der Waals surface area contributed by atoms with Gasteiger partial charge in [-0.1, -0.05) is 18.2 Å². The molecule has 3 heterocycles. The first kappa shape index (κ1) is 19.5. The van der Waals surface area contributed by atoms with Crippen molar-refractivity contribution in [3.63, 3.8) is 0 Å². The Hall–Kier alpha value is -2.81. The van der Waals surface area contributed by atoms with E-state index in [9.17, 15) is 19.5 Å². The minimum atomic E-state index is -0.962. The third kappa shape index (κ3) is 3.62. The average molecular weight is 402 g/mol. The Balaban J connectivity index is 1.56. The molecule has 0 aromatic heterocycles. The maximum Gasteiger partial charge on any atom is 0.407 e. The van der Waals surface area contributed by atoms with E-state index in [1.807, 2.05) is 35.2 Å². The van der Waals surface area contributed by atoms with Gasteiger partial charge >= 0.3 is 6.09 Å². The average Bonchev–Trinajstić information content (AvgIpc) is 3.01. The van der Waals surface area contributed by atoms with E-state index in [1.165, 1.54) is 4.90 Å². The van der Waals surface area contributed by atoms with Crippen LogP contribution in [0.2, 0.25) is 0 Å². The number of piperidine rings is 1. The number of nitrogens with zero attached hydrogens (tertiary/aromatic N) is 4. The van der Waals surface area contributed by atoms with Crippen molar-refractivity contribution in [3.8, 4) is 0 Å². The number of amides is 3. The number of anilines is 1. The SMILES string of the molecule is O=C(O)N1CCC2(CC1)C(=O)N(CC(=O)N1CCOCC1)CN2c1ccccc1. The van der Waals surface area contributed by atoms with Gasteiger partial charge in [-0.15, -0.1) is 0 Å². The third-order valence-corrected chi connectivity index (χ3v) is 6.13. The molecule has 1 aromatic carbocycles. The molecule has 1 aromatic rings. The van der Waals surface area contributed by atoms with Crippen LogP contribution >= 0.6 is 0 Å². The molecule has 9 heteroatoms. The van der Waals surface area contributed by atoms with Crippen molar-refractivity contribution in [1.29, 1.82) is 0 Å². The van der Waals surface area contributed by atoms with Gasteiger partial charge in [0.1, 0.15) is 12.1 Å². The Morgan fingerprint density at radius 1 is 1.00 bits per heavy atom. The number of carbonyl (C=O) groups excluding carboxylic acids is 2. The quantitative estimate of drug-likeness (QED) is 0.799. The van der Waals surface area contributed by atoms with Crippen LogP contribution in [0.4, 0.5) is 10.5 Å². The molecule has 3 amide bonds. The minimum Gasteiger partial charge on any atom is -0.465 e. The van der Waals surface area contributed by atoms with Crippen molar-refractivity contribution in [3.05, 3.63) is 30.3 Å². The number of carbonyl (C=O) groups is 3. The highest BCUT2D eigenvalue weighted by Crippen LogP contribution is 2.39. The molecule has 9 nitrogen and oxygen atoms in total. The van der Waals surface area contributed by atoms with Crippen LogP contribution in [0.5, 0.6) is 0 Å². The number of morpholine rings is 1. The third-order valence-electron chi connectivity index (χ3n) is 6.13. The summed E-state index contributed by atoms with van der Waals surface area (Å²) >= 11 is 0. The molecule has 156 valence electrons.